The topological polar surface area (TPSA) is 81.4 Å². The highest BCUT2D eigenvalue weighted by atomic mass is 19.4. The first-order valence-corrected chi connectivity index (χ1v) is 10.6. The highest BCUT2D eigenvalue weighted by Crippen LogP contribution is 2.43. The fourth-order valence-electron chi connectivity index (χ4n) is 4.39. The number of aliphatic hydroxyl groups is 1. The summed E-state index contributed by atoms with van der Waals surface area (Å²) in [7, 11) is 4.77. The highest BCUT2D eigenvalue weighted by molar-refractivity contribution is 5.90. The Hall–Kier alpha value is -3.24. The highest BCUT2D eigenvalue weighted by Gasteiger charge is 2.34. The van der Waals surface area contributed by atoms with Gasteiger partial charge in [-0.2, -0.15) is 0 Å². The first-order chi connectivity index (χ1) is 16.1. The smallest absolute Gasteiger partial charge is 0.496 e. The Balaban J connectivity index is 1.94. The molecule has 2 heterocycles. The molecule has 3 aromatic rings. The van der Waals surface area contributed by atoms with Crippen LogP contribution in [0.1, 0.15) is 17.9 Å². The van der Waals surface area contributed by atoms with Crippen LogP contribution < -0.4 is 19.6 Å². The summed E-state index contributed by atoms with van der Waals surface area (Å²) in [6, 6.07) is 7.95. The average molecular weight is 479 g/mol. The minimum atomic E-state index is -4.86. The first kappa shape index (κ1) is 23.9. The molecule has 0 amide bonds. The maximum absolute atomic E-state index is 13.2. The number of alkyl halides is 3. The van der Waals surface area contributed by atoms with Crippen molar-refractivity contribution < 1.29 is 36.9 Å². The lowest BCUT2D eigenvalue weighted by Crippen LogP contribution is -2.40. The van der Waals surface area contributed by atoms with Crippen LogP contribution >= 0.6 is 0 Å². The monoisotopic (exact) mass is 479 g/mol. The Morgan fingerprint density at radius 3 is 2.50 bits per heavy atom. The van der Waals surface area contributed by atoms with Crippen molar-refractivity contribution in [3.63, 3.8) is 0 Å². The number of rotatable bonds is 5. The van der Waals surface area contributed by atoms with Crippen LogP contribution in [-0.2, 0) is 0 Å². The molecule has 0 unspecified atom stereocenters. The van der Waals surface area contributed by atoms with E-state index in [1.165, 1.54) is 32.4 Å². The van der Waals surface area contributed by atoms with E-state index in [9.17, 15) is 23.1 Å². The van der Waals surface area contributed by atoms with Crippen LogP contribution in [0.2, 0.25) is 0 Å². The molecule has 1 aliphatic rings. The van der Waals surface area contributed by atoms with Crippen molar-refractivity contribution in [3.8, 4) is 28.6 Å². The van der Waals surface area contributed by atoms with Gasteiger partial charge in [0.2, 0.25) is 0 Å². The van der Waals surface area contributed by atoms with Gasteiger partial charge >= 0.3 is 6.36 Å². The Labute approximate surface area is 193 Å². The van der Waals surface area contributed by atoms with Crippen LogP contribution in [0.25, 0.3) is 22.3 Å². The van der Waals surface area contributed by atoms with Crippen LogP contribution in [-0.4, -0.2) is 56.8 Å². The summed E-state index contributed by atoms with van der Waals surface area (Å²) >= 11 is 0. The van der Waals surface area contributed by atoms with Crippen molar-refractivity contribution in [2.24, 2.45) is 0 Å². The van der Waals surface area contributed by atoms with Crippen LogP contribution in [0, 0.1) is 0 Å². The van der Waals surface area contributed by atoms with Crippen molar-refractivity contribution in [2.45, 2.75) is 24.8 Å². The van der Waals surface area contributed by atoms with Gasteiger partial charge in [-0.15, -0.1) is 13.2 Å². The molecule has 34 heavy (non-hydrogen) atoms. The van der Waals surface area contributed by atoms with Crippen LogP contribution in [0.5, 0.6) is 17.2 Å². The molecule has 0 bridgehead atoms. The fraction of sp³-hybridized carbons (Fsp3) is 0.375. The standard InChI is InChI=1S/C24H24F3NO6/c1-28-8-7-15(17(30)12-28)21-19(31-2)11-20(32-3)22-16(29)10-18(33-23(21)22)13-5-4-6-14(9-13)34-24(25,26)27/h4-6,9-11,15,17,30H,7-8,12H2,1-3H3/t15-,17+/m0/s1. The van der Waals surface area contributed by atoms with E-state index in [0.29, 0.717) is 30.8 Å². The summed E-state index contributed by atoms with van der Waals surface area (Å²) in [5, 5.41) is 11.0. The Kier molecular flexibility index (Phi) is 6.46. The third-order valence-electron chi connectivity index (χ3n) is 5.91. The van der Waals surface area contributed by atoms with E-state index in [2.05, 4.69) is 4.74 Å². The molecule has 0 spiro atoms. The second-order valence-electron chi connectivity index (χ2n) is 8.17. The van der Waals surface area contributed by atoms with E-state index in [1.54, 1.807) is 6.07 Å². The molecule has 1 saturated heterocycles. The summed E-state index contributed by atoms with van der Waals surface area (Å²) in [4.78, 5) is 15.2. The molecule has 1 N–H and O–H groups in total. The lowest BCUT2D eigenvalue weighted by Gasteiger charge is -2.34. The summed E-state index contributed by atoms with van der Waals surface area (Å²) < 4.78 is 59.2. The maximum Gasteiger partial charge on any atom is 0.573 e. The second-order valence-corrected chi connectivity index (χ2v) is 8.17. The number of hydrogen-bond acceptors (Lipinski definition) is 7. The van der Waals surface area contributed by atoms with Gasteiger partial charge in [0.15, 0.2) is 5.43 Å². The first-order valence-electron chi connectivity index (χ1n) is 10.6. The predicted molar refractivity (Wildman–Crippen MR) is 119 cm³/mol. The van der Waals surface area contributed by atoms with Crippen molar-refractivity contribution in [2.75, 3.05) is 34.4 Å². The van der Waals surface area contributed by atoms with Gasteiger partial charge in [0, 0.05) is 35.7 Å². The molecular formula is C24H24F3NO6. The third-order valence-corrected chi connectivity index (χ3v) is 5.91. The number of hydrogen-bond donors (Lipinski definition) is 1. The summed E-state index contributed by atoms with van der Waals surface area (Å²) in [5.74, 6) is -0.177. The lowest BCUT2D eigenvalue weighted by molar-refractivity contribution is -0.274. The molecule has 2 aromatic carbocycles. The van der Waals surface area contributed by atoms with Gasteiger partial charge < -0.3 is 28.6 Å². The zero-order chi connectivity index (χ0) is 24.6. The number of likely N-dealkylation sites (tertiary alicyclic amines) is 1. The molecule has 1 aromatic heterocycles. The molecule has 0 saturated carbocycles. The van der Waals surface area contributed by atoms with E-state index < -0.39 is 29.6 Å². The number of nitrogens with zero attached hydrogens (tertiary/aromatic N) is 1. The predicted octanol–water partition coefficient (Wildman–Crippen LogP) is 4.16. The van der Waals surface area contributed by atoms with Crippen molar-refractivity contribution in [1.82, 2.24) is 4.90 Å². The number of aliphatic hydroxyl groups excluding tert-OH is 1. The SMILES string of the molecule is COc1cc(OC)c2c(=O)cc(-c3cccc(OC(F)(F)F)c3)oc2c1[C@H]1CCN(C)C[C@H]1O. The van der Waals surface area contributed by atoms with Gasteiger partial charge in [-0.25, -0.2) is 0 Å². The minimum absolute atomic E-state index is 0.0455. The zero-order valence-electron chi connectivity index (χ0n) is 18.8. The van der Waals surface area contributed by atoms with Crippen molar-refractivity contribution >= 4 is 11.0 Å². The van der Waals surface area contributed by atoms with Gasteiger partial charge in [0.05, 0.1) is 20.3 Å². The van der Waals surface area contributed by atoms with Crippen molar-refractivity contribution in [1.29, 1.82) is 0 Å². The molecule has 2 atom stereocenters. The van der Waals surface area contributed by atoms with E-state index in [1.807, 2.05) is 11.9 Å². The maximum atomic E-state index is 13.2. The molecule has 1 aliphatic heterocycles. The van der Waals surface area contributed by atoms with Crippen LogP contribution in [0.15, 0.2) is 45.6 Å². The largest absolute Gasteiger partial charge is 0.573 e. The Morgan fingerprint density at radius 2 is 1.85 bits per heavy atom. The molecule has 0 radical (unpaired) electrons. The van der Waals surface area contributed by atoms with E-state index >= 15 is 0 Å². The lowest BCUT2D eigenvalue weighted by atomic mass is 9.85. The quantitative estimate of drug-likeness (QED) is 0.589. The molecular weight excluding hydrogens is 455 g/mol. The van der Waals surface area contributed by atoms with Gasteiger partial charge in [0.25, 0.3) is 0 Å². The molecule has 182 valence electrons. The minimum Gasteiger partial charge on any atom is -0.496 e. The van der Waals surface area contributed by atoms with Crippen molar-refractivity contribution in [3.05, 3.63) is 52.2 Å². The van der Waals surface area contributed by atoms with Gasteiger partial charge in [-0.05, 0) is 32.1 Å². The molecule has 0 aliphatic carbocycles. The van der Waals surface area contributed by atoms with Gasteiger partial charge in [-0.3, -0.25) is 4.79 Å². The van der Waals surface area contributed by atoms with Crippen LogP contribution in [0.3, 0.4) is 0 Å². The summed E-state index contributed by atoms with van der Waals surface area (Å²) in [6.07, 6.45) is -5.03. The number of piperidine rings is 1. The average Bonchev–Trinajstić information content (AvgIpc) is 2.77. The number of ether oxygens (including phenoxy) is 3. The van der Waals surface area contributed by atoms with E-state index in [0.717, 1.165) is 12.1 Å². The molecule has 10 heteroatoms. The second kappa shape index (κ2) is 9.19. The number of fused-ring (bicyclic) bond motifs is 1. The molecule has 4 rings (SSSR count). The zero-order valence-corrected chi connectivity index (χ0v) is 18.8. The summed E-state index contributed by atoms with van der Waals surface area (Å²) in [5.41, 5.74) is 0.453. The third kappa shape index (κ3) is 4.69. The fourth-order valence-corrected chi connectivity index (χ4v) is 4.39. The van der Waals surface area contributed by atoms with Gasteiger partial charge in [-0.1, -0.05) is 12.1 Å². The van der Waals surface area contributed by atoms with E-state index in [-0.39, 0.29) is 28.0 Å². The number of likely N-dealkylation sites (N-methyl/N-ethyl adjacent to an activating group) is 1. The van der Waals surface area contributed by atoms with Crippen LogP contribution in [0.4, 0.5) is 13.2 Å². The normalized spacial score (nSPS) is 19.3. The van der Waals surface area contributed by atoms with E-state index in [4.69, 9.17) is 13.9 Å². The van der Waals surface area contributed by atoms with Gasteiger partial charge in [0.1, 0.15) is 34.0 Å². The summed E-state index contributed by atoms with van der Waals surface area (Å²) in [6.45, 7) is 1.13. The molecule has 1 fully saturated rings. The Bertz CT molecular complexity index is 1260. The molecule has 7 nitrogen and oxygen atoms in total. The number of benzene rings is 2. The number of β-amino-alcohol motifs (C(OH)–C–C–N with tert-alkyl or cyclic N) is 1. The number of methoxy groups -OCH3 is 2. The number of halogens is 3. The Morgan fingerprint density at radius 1 is 1.12 bits per heavy atom.